The van der Waals surface area contributed by atoms with E-state index in [-0.39, 0.29) is 23.6 Å². The molecule has 1 aliphatic carbocycles. The van der Waals surface area contributed by atoms with Gasteiger partial charge in [-0.3, -0.25) is 14.5 Å². The summed E-state index contributed by atoms with van der Waals surface area (Å²) in [6.45, 7) is 5.44. The molecule has 0 radical (unpaired) electrons. The van der Waals surface area contributed by atoms with Crippen molar-refractivity contribution in [3.63, 3.8) is 0 Å². The number of carbonyl (C=O) groups excluding carboxylic acids is 2. The molecule has 7 heteroatoms. The second-order valence-electron chi connectivity index (χ2n) is 8.59. The molecule has 7 nitrogen and oxygen atoms in total. The first-order chi connectivity index (χ1) is 14.6. The third kappa shape index (κ3) is 5.69. The minimum Gasteiger partial charge on any atom is -0.361 e. The zero-order valence-electron chi connectivity index (χ0n) is 17.5. The van der Waals surface area contributed by atoms with E-state index in [0.717, 1.165) is 31.8 Å². The maximum Gasteiger partial charge on any atom is 0.273 e. The Morgan fingerprint density at radius 3 is 2.60 bits per heavy atom. The van der Waals surface area contributed by atoms with Gasteiger partial charge in [0, 0.05) is 37.2 Å². The highest BCUT2D eigenvalue weighted by Crippen LogP contribution is 2.32. The highest BCUT2D eigenvalue weighted by molar-refractivity contribution is 5.94. The summed E-state index contributed by atoms with van der Waals surface area (Å²) in [5, 5.41) is 9.59. The molecule has 0 bridgehead atoms. The normalized spacial score (nSPS) is 17.6. The van der Waals surface area contributed by atoms with Gasteiger partial charge in [-0.05, 0) is 69.3 Å². The number of likely N-dealkylation sites (tertiary alicyclic amines) is 1. The Bertz CT molecular complexity index is 867. The number of nitrogens with zero attached hydrogens (tertiary/aromatic N) is 2. The zero-order valence-corrected chi connectivity index (χ0v) is 17.5. The summed E-state index contributed by atoms with van der Waals surface area (Å²) < 4.78 is 5.24. The highest BCUT2D eigenvalue weighted by atomic mass is 16.5. The van der Waals surface area contributed by atoms with E-state index in [1.807, 2.05) is 31.2 Å². The number of rotatable bonds is 9. The molecule has 160 valence electrons. The fourth-order valence-electron chi connectivity index (χ4n) is 3.78. The van der Waals surface area contributed by atoms with Gasteiger partial charge in [-0.1, -0.05) is 17.3 Å². The van der Waals surface area contributed by atoms with E-state index in [4.69, 9.17) is 4.52 Å². The van der Waals surface area contributed by atoms with Crippen molar-refractivity contribution in [1.29, 1.82) is 0 Å². The van der Waals surface area contributed by atoms with Gasteiger partial charge in [-0.15, -0.1) is 0 Å². The zero-order chi connectivity index (χ0) is 20.9. The summed E-state index contributed by atoms with van der Waals surface area (Å²) in [6.07, 6.45) is 5.84. The SMILES string of the molecule is CC(CNC(=O)c1ccc(CN2CCCC2)cc1)NC(=O)c1cc(CC2CC2)on1. The predicted octanol–water partition coefficient (Wildman–Crippen LogP) is 2.77. The maximum atomic E-state index is 12.4. The fourth-order valence-corrected chi connectivity index (χ4v) is 3.78. The first-order valence-electron chi connectivity index (χ1n) is 10.9. The lowest BCUT2D eigenvalue weighted by Crippen LogP contribution is -2.41. The Labute approximate surface area is 177 Å². The molecule has 2 amide bonds. The van der Waals surface area contributed by atoms with Crippen LogP contribution in [0, 0.1) is 5.92 Å². The monoisotopic (exact) mass is 410 g/mol. The summed E-state index contributed by atoms with van der Waals surface area (Å²) in [5.74, 6) is 1.01. The summed E-state index contributed by atoms with van der Waals surface area (Å²) in [7, 11) is 0. The van der Waals surface area contributed by atoms with Crippen molar-refractivity contribution < 1.29 is 14.1 Å². The molecule has 4 rings (SSSR count). The average Bonchev–Trinajstić information content (AvgIpc) is 3.19. The van der Waals surface area contributed by atoms with Gasteiger partial charge in [0.1, 0.15) is 5.76 Å². The van der Waals surface area contributed by atoms with Crippen molar-refractivity contribution in [3.05, 3.63) is 52.9 Å². The maximum absolute atomic E-state index is 12.4. The van der Waals surface area contributed by atoms with E-state index in [1.54, 1.807) is 6.07 Å². The van der Waals surface area contributed by atoms with Gasteiger partial charge in [-0.2, -0.15) is 0 Å². The molecular weight excluding hydrogens is 380 g/mol. The van der Waals surface area contributed by atoms with Crippen LogP contribution in [0.5, 0.6) is 0 Å². The molecule has 2 fully saturated rings. The van der Waals surface area contributed by atoms with Crippen LogP contribution in [0.2, 0.25) is 0 Å². The van der Waals surface area contributed by atoms with Crippen LogP contribution in [0.4, 0.5) is 0 Å². The summed E-state index contributed by atoms with van der Waals surface area (Å²) in [5.41, 5.74) is 2.14. The van der Waals surface area contributed by atoms with E-state index in [9.17, 15) is 9.59 Å². The van der Waals surface area contributed by atoms with Crippen LogP contribution in [0.1, 0.15) is 64.8 Å². The van der Waals surface area contributed by atoms with Crippen molar-refractivity contribution in [2.75, 3.05) is 19.6 Å². The lowest BCUT2D eigenvalue weighted by atomic mass is 10.1. The first-order valence-corrected chi connectivity index (χ1v) is 10.9. The Hall–Kier alpha value is -2.67. The minimum absolute atomic E-state index is 0.142. The molecule has 1 saturated carbocycles. The molecule has 2 aliphatic rings. The number of carbonyl (C=O) groups is 2. The van der Waals surface area contributed by atoms with Crippen molar-refractivity contribution in [2.24, 2.45) is 5.92 Å². The predicted molar refractivity (Wildman–Crippen MR) is 113 cm³/mol. The van der Waals surface area contributed by atoms with Crippen LogP contribution in [0.25, 0.3) is 0 Å². The molecule has 1 aliphatic heterocycles. The molecule has 2 N–H and O–H groups in total. The average molecular weight is 411 g/mol. The van der Waals surface area contributed by atoms with E-state index in [1.165, 1.54) is 31.2 Å². The number of nitrogens with one attached hydrogen (secondary N) is 2. The molecular formula is C23H30N4O3. The second kappa shape index (κ2) is 9.43. The quantitative estimate of drug-likeness (QED) is 0.664. The van der Waals surface area contributed by atoms with Gasteiger partial charge in [0.05, 0.1) is 0 Å². The van der Waals surface area contributed by atoms with Gasteiger partial charge < -0.3 is 15.2 Å². The second-order valence-corrected chi connectivity index (χ2v) is 8.59. The molecule has 1 atom stereocenters. The molecule has 1 unspecified atom stereocenters. The van der Waals surface area contributed by atoms with Crippen LogP contribution in [0.3, 0.4) is 0 Å². The Morgan fingerprint density at radius 2 is 1.90 bits per heavy atom. The Balaban J connectivity index is 1.20. The van der Waals surface area contributed by atoms with Gasteiger partial charge in [0.15, 0.2) is 5.69 Å². The van der Waals surface area contributed by atoms with E-state index < -0.39 is 0 Å². The Kier molecular flexibility index (Phi) is 6.47. The van der Waals surface area contributed by atoms with E-state index in [0.29, 0.717) is 18.0 Å². The third-order valence-electron chi connectivity index (χ3n) is 5.75. The van der Waals surface area contributed by atoms with Crippen LogP contribution in [-0.4, -0.2) is 47.5 Å². The molecule has 1 aromatic carbocycles. The first kappa shape index (κ1) is 20.6. The van der Waals surface area contributed by atoms with Gasteiger partial charge in [-0.25, -0.2) is 0 Å². The molecule has 2 aromatic rings. The lowest BCUT2D eigenvalue weighted by molar-refractivity contribution is 0.0906. The summed E-state index contributed by atoms with van der Waals surface area (Å²) in [6, 6.07) is 9.24. The van der Waals surface area contributed by atoms with Crippen LogP contribution in [0.15, 0.2) is 34.9 Å². The van der Waals surface area contributed by atoms with Gasteiger partial charge >= 0.3 is 0 Å². The van der Waals surface area contributed by atoms with Crippen LogP contribution >= 0.6 is 0 Å². The highest BCUT2D eigenvalue weighted by Gasteiger charge is 2.24. The van der Waals surface area contributed by atoms with Gasteiger partial charge in [0.2, 0.25) is 0 Å². The van der Waals surface area contributed by atoms with Crippen molar-refractivity contribution in [1.82, 2.24) is 20.7 Å². The molecule has 2 heterocycles. The van der Waals surface area contributed by atoms with Crippen molar-refractivity contribution in [2.45, 2.75) is 51.6 Å². The minimum atomic E-state index is -0.284. The number of amides is 2. The molecule has 1 saturated heterocycles. The standard InChI is InChI=1S/C23H30N4O3/c1-16(25-23(29)21-13-20(30-26-21)12-17-4-5-17)14-24-22(28)19-8-6-18(7-9-19)15-27-10-2-3-11-27/h6-9,13,16-17H,2-5,10-12,14-15H2,1H3,(H,24,28)(H,25,29). The number of hydrogen-bond acceptors (Lipinski definition) is 5. The Morgan fingerprint density at radius 1 is 1.17 bits per heavy atom. The van der Waals surface area contributed by atoms with Crippen LogP contribution < -0.4 is 10.6 Å². The molecule has 0 spiro atoms. The topological polar surface area (TPSA) is 87.5 Å². The largest absolute Gasteiger partial charge is 0.361 e. The smallest absolute Gasteiger partial charge is 0.273 e. The lowest BCUT2D eigenvalue weighted by Gasteiger charge is -2.15. The van der Waals surface area contributed by atoms with Crippen LogP contribution in [-0.2, 0) is 13.0 Å². The van der Waals surface area contributed by atoms with Crippen molar-refractivity contribution in [3.8, 4) is 0 Å². The fraction of sp³-hybridized carbons (Fsp3) is 0.522. The van der Waals surface area contributed by atoms with E-state index >= 15 is 0 Å². The molecule has 1 aromatic heterocycles. The van der Waals surface area contributed by atoms with E-state index in [2.05, 4.69) is 20.7 Å². The summed E-state index contributed by atoms with van der Waals surface area (Å²) >= 11 is 0. The number of hydrogen-bond donors (Lipinski definition) is 2. The number of benzene rings is 1. The van der Waals surface area contributed by atoms with Gasteiger partial charge in [0.25, 0.3) is 11.8 Å². The molecule has 30 heavy (non-hydrogen) atoms. The summed E-state index contributed by atoms with van der Waals surface area (Å²) in [4.78, 5) is 27.2. The van der Waals surface area contributed by atoms with Crippen molar-refractivity contribution >= 4 is 11.8 Å². The third-order valence-corrected chi connectivity index (χ3v) is 5.75. The number of aromatic nitrogens is 1.